The van der Waals surface area contributed by atoms with Gasteiger partial charge in [-0.3, -0.25) is 9.69 Å². The predicted molar refractivity (Wildman–Crippen MR) is 150 cm³/mol. The van der Waals surface area contributed by atoms with E-state index in [9.17, 15) is 18.0 Å². The summed E-state index contributed by atoms with van der Waals surface area (Å²) in [6.45, 7) is 9.36. The third-order valence-electron chi connectivity index (χ3n) is 6.83. The number of nitrogens with one attached hydrogen (secondary N) is 1. The number of piperazine rings is 1. The fourth-order valence-electron chi connectivity index (χ4n) is 4.49. The molecule has 1 amide bonds. The van der Waals surface area contributed by atoms with Gasteiger partial charge in [0.15, 0.2) is 0 Å². The van der Waals surface area contributed by atoms with Crippen molar-refractivity contribution in [3.63, 3.8) is 0 Å². The van der Waals surface area contributed by atoms with Crippen molar-refractivity contribution in [2.24, 2.45) is 5.92 Å². The van der Waals surface area contributed by atoms with Crippen LogP contribution in [0.5, 0.6) is 0 Å². The normalized spacial score (nSPS) is 14.6. The average Bonchev–Trinajstić information content (AvgIpc) is 2.90. The standard InChI is InChI=1S/C31H34F3N5O/c1-21(2)17-28-12-11-26(36-37-28)9-7-23-18-24(6-5-22(23)3)30(40)35-27-10-8-25(29(19-27)31(32,33)34)20-39-15-13-38(4)14-16-39/h5-6,8,10-12,18-19,21H,13-17,20H2,1-4H3,(H,35,40). The number of rotatable bonds is 6. The molecule has 4 rings (SSSR count). The Morgan fingerprint density at radius 2 is 1.75 bits per heavy atom. The number of hydrogen-bond acceptors (Lipinski definition) is 5. The quantitative estimate of drug-likeness (QED) is 0.417. The largest absolute Gasteiger partial charge is 0.416 e. The number of alkyl halides is 3. The molecule has 2 heterocycles. The maximum absolute atomic E-state index is 13.9. The van der Waals surface area contributed by atoms with Gasteiger partial charge in [-0.15, -0.1) is 5.10 Å². The maximum atomic E-state index is 13.9. The molecule has 1 N–H and O–H groups in total. The molecule has 1 aliphatic heterocycles. The van der Waals surface area contributed by atoms with E-state index in [-0.39, 0.29) is 17.8 Å². The van der Waals surface area contributed by atoms with Crippen molar-refractivity contribution in [1.82, 2.24) is 20.0 Å². The summed E-state index contributed by atoms with van der Waals surface area (Å²) in [4.78, 5) is 17.2. The van der Waals surface area contributed by atoms with Crippen LogP contribution in [0.4, 0.5) is 18.9 Å². The van der Waals surface area contributed by atoms with Gasteiger partial charge in [-0.25, -0.2) is 0 Å². The van der Waals surface area contributed by atoms with Crippen molar-refractivity contribution in [2.45, 2.75) is 39.9 Å². The summed E-state index contributed by atoms with van der Waals surface area (Å²) in [5, 5.41) is 11.0. The summed E-state index contributed by atoms with van der Waals surface area (Å²) in [6.07, 6.45) is -3.70. The Morgan fingerprint density at radius 3 is 2.40 bits per heavy atom. The molecule has 0 bridgehead atoms. The van der Waals surface area contributed by atoms with Crippen LogP contribution in [0.3, 0.4) is 0 Å². The van der Waals surface area contributed by atoms with Gasteiger partial charge in [-0.05, 0) is 79.8 Å². The summed E-state index contributed by atoms with van der Waals surface area (Å²) in [7, 11) is 2.00. The lowest BCUT2D eigenvalue weighted by Crippen LogP contribution is -2.44. The number of aryl methyl sites for hydroxylation is 1. The van der Waals surface area contributed by atoms with Gasteiger partial charge >= 0.3 is 6.18 Å². The highest BCUT2D eigenvalue weighted by atomic mass is 19.4. The van der Waals surface area contributed by atoms with Gasteiger partial charge in [0, 0.05) is 49.5 Å². The highest BCUT2D eigenvalue weighted by molar-refractivity contribution is 6.04. The van der Waals surface area contributed by atoms with Crippen molar-refractivity contribution >= 4 is 11.6 Å². The van der Waals surface area contributed by atoms with Crippen molar-refractivity contribution < 1.29 is 18.0 Å². The van der Waals surface area contributed by atoms with Crippen LogP contribution in [0.25, 0.3) is 0 Å². The van der Waals surface area contributed by atoms with E-state index < -0.39 is 17.6 Å². The molecule has 1 saturated heterocycles. The number of halogens is 3. The number of benzene rings is 2. The topological polar surface area (TPSA) is 61.4 Å². The second kappa shape index (κ2) is 12.6. The molecule has 0 radical (unpaired) electrons. The SMILES string of the molecule is Cc1ccc(C(=O)Nc2ccc(CN3CCN(C)CC3)c(C(F)(F)F)c2)cc1C#Cc1ccc(CC(C)C)nn1. The molecule has 0 spiro atoms. The van der Waals surface area contributed by atoms with Crippen LogP contribution < -0.4 is 5.32 Å². The van der Waals surface area contributed by atoms with Crippen molar-refractivity contribution in [2.75, 3.05) is 38.5 Å². The number of amides is 1. The van der Waals surface area contributed by atoms with Gasteiger partial charge in [0.25, 0.3) is 5.91 Å². The van der Waals surface area contributed by atoms with Crippen LogP contribution >= 0.6 is 0 Å². The van der Waals surface area contributed by atoms with E-state index in [0.29, 0.717) is 35.8 Å². The number of anilines is 1. The molecule has 3 aromatic rings. The molecular formula is C31H34F3N5O. The highest BCUT2D eigenvalue weighted by Crippen LogP contribution is 2.34. The fraction of sp³-hybridized carbons (Fsp3) is 0.387. The first-order valence-electron chi connectivity index (χ1n) is 13.4. The fourth-order valence-corrected chi connectivity index (χ4v) is 4.49. The minimum Gasteiger partial charge on any atom is -0.322 e. The number of carbonyl (C=O) groups excluding carboxylic acids is 1. The Kier molecular flexibility index (Phi) is 9.23. The minimum atomic E-state index is -4.54. The first kappa shape index (κ1) is 29.2. The number of likely N-dealkylation sites (N-methyl/N-ethyl adjacent to an activating group) is 1. The minimum absolute atomic E-state index is 0.0874. The molecule has 1 fully saturated rings. The zero-order valence-electron chi connectivity index (χ0n) is 23.3. The summed E-state index contributed by atoms with van der Waals surface area (Å²) in [5.74, 6) is 5.98. The molecule has 1 aliphatic rings. The second-order valence-corrected chi connectivity index (χ2v) is 10.7. The van der Waals surface area contributed by atoms with Gasteiger partial charge in [-0.2, -0.15) is 18.3 Å². The smallest absolute Gasteiger partial charge is 0.322 e. The monoisotopic (exact) mass is 549 g/mol. The van der Waals surface area contributed by atoms with Crippen LogP contribution in [0.15, 0.2) is 48.5 Å². The Labute approximate surface area is 233 Å². The van der Waals surface area contributed by atoms with E-state index in [4.69, 9.17) is 0 Å². The Morgan fingerprint density at radius 1 is 1.00 bits per heavy atom. The van der Waals surface area contributed by atoms with Gasteiger partial charge in [0.05, 0.1) is 11.3 Å². The lowest BCUT2D eigenvalue weighted by Gasteiger charge is -2.33. The average molecular weight is 550 g/mol. The third-order valence-corrected chi connectivity index (χ3v) is 6.83. The molecule has 2 aromatic carbocycles. The van der Waals surface area contributed by atoms with E-state index in [1.54, 1.807) is 18.2 Å². The van der Waals surface area contributed by atoms with Crippen molar-refractivity contribution in [3.05, 3.63) is 87.7 Å². The Bertz CT molecular complexity index is 1400. The summed E-state index contributed by atoms with van der Waals surface area (Å²) in [6, 6.07) is 12.7. The Balaban J connectivity index is 1.49. The highest BCUT2D eigenvalue weighted by Gasteiger charge is 2.34. The molecule has 0 atom stereocenters. The molecule has 6 nitrogen and oxygen atoms in total. The molecule has 210 valence electrons. The molecule has 0 unspecified atom stereocenters. The van der Waals surface area contributed by atoms with Crippen molar-refractivity contribution in [3.8, 4) is 11.8 Å². The first-order valence-corrected chi connectivity index (χ1v) is 13.4. The predicted octanol–water partition coefficient (Wildman–Crippen LogP) is 5.40. The molecule has 0 aliphatic carbocycles. The molecule has 1 aromatic heterocycles. The van der Waals surface area contributed by atoms with Gasteiger partial charge in [0.1, 0.15) is 5.69 Å². The lowest BCUT2D eigenvalue weighted by atomic mass is 10.0. The summed E-state index contributed by atoms with van der Waals surface area (Å²) < 4.78 is 41.8. The van der Waals surface area contributed by atoms with E-state index in [1.807, 2.05) is 31.0 Å². The number of carbonyl (C=O) groups is 1. The van der Waals surface area contributed by atoms with Gasteiger partial charge in [0.2, 0.25) is 0 Å². The zero-order valence-corrected chi connectivity index (χ0v) is 23.3. The first-order chi connectivity index (χ1) is 19.0. The van der Waals surface area contributed by atoms with Crippen LogP contribution in [0.1, 0.15) is 57.8 Å². The van der Waals surface area contributed by atoms with Crippen LogP contribution in [0.2, 0.25) is 0 Å². The van der Waals surface area contributed by atoms with Gasteiger partial charge in [-0.1, -0.05) is 31.9 Å². The number of aromatic nitrogens is 2. The van der Waals surface area contributed by atoms with Crippen LogP contribution in [0, 0.1) is 24.7 Å². The van der Waals surface area contributed by atoms with Gasteiger partial charge < -0.3 is 10.2 Å². The molecule has 9 heteroatoms. The molecule has 40 heavy (non-hydrogen) atoms. The van der Waals surface area contributed by atoms with E-state index in [1.165, 1.54) is 12.1 Å². The number of hydrogen-bond donors (Lipinski definition) is 1. The van der Waals surface area contributed by atoms with Crippen LogP contribution in [-0.4, -0.2) is 59.1 Å². The zero-order chi connectivity index (χ0) is 28.9. The lowest BCUT2D eigenvalue weighted by molar-refractivity contribution is -0.138. The van der Waals surface area contributed by atoms with Crippen molar-refractivity contribution in [1.29, 1.82) is 0 Å². The van der Waals surface area contributed by atoms with E-state index >= 15 is 0 Å². The van der Waals surface area contributed by atoms with Crippen LogP contribution in [-0.2, 0) is 19.1 Å². The molecule has 0 saturated carbocycles. The summed E-state index contributed by atoms with van der Waals surface area (Å²) in [5.41, 5.74) is 2.74. The third kappa shape index (κ3) is 7.90. The Hall–Kier alpha value is -3.74. The summed E-state index contributed by atoms with van der Waals surface area (Å²) >= 11 is 0. The van der Waals surface area contributed by atoms with E-state index in [0.717, 1.165) is 36.8 Å². The van der Waals surface area contributed by atoms with E-state index in [2.05, 4.69) is 46.1 Å². The second-order valence-electron chi connectivity index (χ2n) is 10.7. The molecular weight excluding hydrogens is 515 g/mol. The number of nitrogens with zero attached hydrogens (tertiary/aromatic N) is 4. The maximum Gasteiger partial charge on any atom is 0.416 e.